The lowest BCUT2D eigenvalue weighted by Crippen LogP contribution is -2.43. The number of rotatable bonds is 5. The fourth-order valence-corrected chi connectivity index (χ4v) is 2.42. The summed E-state index contributed by atoms with van der Waals surface area (Å²) in [6, 6.07) is 6.57. The lowest BCUT2D eigenvalue weighted by atomic mass is 9.80. The van der Waals surface area contributed by atoms with Gasteiger partial charge in [-0.25, -0.2) is 4.39 Å². The molecule has 0 unspecified atom stereocenters. The molecule has 1 saturated carbocycles. The Balaban J connectivity index is 0.00000242. The first kappa shape index (κ1) is 19.2. The summed E-state index contributed by atoms with van der Waals surface area (Å²) in [6.45, 7) is 3.75. The van der Waals surface area contributed by atoms with E-state index >= 15 is 0 Å². The zero-order valence-electron chi connectivity index (χ0n) is 13.2. The molecule has 1 aliphatic rings. The van der Waals surface area contributed by atoms with Gasteiger partial charge in [-0.3, -0.25) is 4.99 Å². The van der Waals surface area contributed by atoms with Crippen LogP contribution in [0.15, 0.2) is 29.3 Å². The van der Waals surface area contributed by atoms with Crippen LogP contribution in [0.4, 0.5) is 4.39 Å². The van der Waals surface area contributed by atoms with Crippen LogP contribution in [0.5, 0.6) is 0 Å². The van der Waals surface area contributed by atoms with E-state index in [2.05, 4.69) is 10.3 Å². The van der Waals surface area contributed by atoms with Gasteiger partial charge in [-0.2, -0.15) is 0 Å². The molecule has 0 atom stereocenters. The van der Waals surface area contributed by atoms with Crippen LogP contribution in [0.25, 0.3) is 0 Å². The number of halogens is 2. The summed E-state index contributed by atoms with van der Waals surface area (Å²) in [5.41, 5.74) is 0.269. The summed E-state index contributed by atoms with van der Waals surface area (Å²) >= 11 is 0. The fourth-order valence-electron chi connectivity index (χ4n) is 2.42. The highest BCUT2D eigenvalue weighted by Gasteiger charge is 2.34. The van der Waals surface area contributed by atoms with E-state index in [9.17, 15) is 9.50 Å². The number of nitrogens with zero attached hydrogens (tertiary/aromatic N) is 2. The maximum atomic E-state index is 13.2. The van der Waals surface area contributed by atoms with Gasteiger partial charge in [-0.15, -0.1) is 24.0 Å². The minimum atomic E-state index is -0.625. The first-order valence-corrected chi connectivity index (χ1v) is 7.49. The molecule has 0 spiro atoms. The molecule has 0 amide bonds. The molecular weight excluding hydrogens is 396 g/mol. The first-order valence-electron chi connectivity index (χ1n) is 7.49. The first-order chi connectivity index (χ1) is 10.0. The van der Waals surface area contributed by atoms with Crippen LogP contribution in [0, 0.1) is 5.82 Å². The molecule has 2 N–H and O–H groups in total. The molecule has 1 fully saturated rings. The highest BCUT2D eigenvalue weighted by molar-refractivity contribution is 14.0. The minimum Gasteiger partial charge on any atom is -0.388 e. The average Bonchev–Trinajstić information content (AvgIpc) is 2.41. The third-order valence-electron chi connectivity index (χ3n) is 3.81. The van der Waals surface area contributed by atoms with Crippen molar-refractivity contribution in [2.45, 2.75) is 38.3 Å². The summed E-state index contributed by atoms with van der Waals surface area (Å²) < 4.78 is 13.2. The van der Waals surface area contributed by atoms with Crippen LogP contribution < -0.4 is 5.32 Å². The maximum absolute atomic E-state index is 13.2. The summed E-state index contributed by atoms with van der Waals surface area (Å²) in [7, 11) is 1.91. The number of guanidine groups is 1. The Bertz CT molecular complexity index is 506. The van der Waals surface area contributed by atoms with Crippen molar-refractivity contribution in [1.29, 1.82) is 0 Å². The van der Waals surface area contributed by atoms with E-state index in [4.69, 9.17) is 0 Å². The second kappa shape index (κ2) is 8.67. The van der Waals surface area contributed by atoms with Gasteiger partial charge < -0.3 is 15.3 Å². The van der Waals surface area contributed by atoms with Gasteiger partial charge in [0.15, 0.2) is 5.96 Å². The predicted octanol–water partition coefficient (Wildman–Crippen LogP) is 2.76. The topological polar surface area (TPSA) is 47.9 Å². The Morgan fingerprint density at radius 1 is 1.45 bits per heavy atom. The van der Waals surface area contributed by atoms with Crippen LogP contribution >= 0.6 is 24.0 Å². The predicted molar refractivity (Wildman–Crippen MR) is 98.1 cm³/mol. The molecular formula is C16H25FIN3O. The molecule has 1 aliphatic carbocycles. The molecule has 4 nitrogen and oxygen atoms in total. The molecule has 0 saturated heterocycles. The zero-order valence-corrected chi connectivity index (χ0v) is 15.5. The second-order valence-electron chi connectivity index (χ2n) is 5.73. The number of aliphatic imine (C=N–C) groups is 1. The van der Waals surface area contributed by atoms with E-state index in [-0.39, 0.29) is 29.8 Å². The quantitative estimate of drug-likeness (QED) is 0.437. The van der Waals surface area contributed by atoms with E-state index in [0.717, 1.165) is 37.3 Å². The normalized spacial score (nSPS) is 16.5. The van der Waals surface area contributed by atoms with Crippen molar-refractivity contribution in [3.8, 4) is 0 Å². The number of nitrogens with one attached hydrogen (secondary N) is 1. The van der Waals surface area contributed by atoms with Crippen LogP contribution in [-0.4, -0.2) is 41.7 Å². The van der Waals surface area contributed by atoms with Crippen molar-refractivity contribution in [2.24, 2.45) is 4.99 Å². The molecule has 0 radical (unpaired) electrons. The Hall–Kier alpha value is -0.890. The van der Waals surface area contributed by atoms with Crippen LogP contribution in [0.3, 0.4) is 0 Å². The molecule has 22 heavy (non-hydrogen) atoms. The second-order valence-corrected chi connectivity index (χ2v) is 5.73. The van der Waals surface area contributed by atoms with Crippen molar-refractivity contribution in [2.75, 3.05) is 20.1 Å². The average molecular weight is 421 g/mol. The third-order valence-corrected chi connectivity index (χ3v) is 3.81. The SMILES string of the molecule is CCNC(=NCC1(O)CCC1)N(C)Cc1cccc(F)c1.I. The Morgan fingerprint density at radius 3 is 2.73 bits per heavy atom. The van der Waals surface area contributed by atoms with Crippen molar-refractivity contribution >= 4 is 29.9 Å². The molecule has 6 heteroatoms. The lowest BCUT2D eigenvalue weighted by molar-refractivity contribution is -0.0237. The minimum absolute atomic E-state index is 0. The Kier molecular flexibility index (Phi) is 7.55. The van der Waals surface area contributed by atoms with Crippen LogP contribution in [-0.2, 0) is 6.54 Å². The van der Waals surface area contributed by atoms with Gasteiger partial charge in [-0.1, -0.05) is 12.1 Å². The van der Waals surface area contributed by atoms with E-state index in [1.165, 1.54) is 12.1 Å². The molecule has 124 valence electrons. The smallest absolute Gasteiger partial charge is 0.194 e. The summed E-state index contributed by atoms with van der Waals surface area (Å²) in [6.07, 6.45) is 2.72. The van der Waals surface area contributed by atoms with Gasteiger partial charge in [0.2, 0.25) is 0 Å². The van der Waals surface area contributed by atoms with Gasteiger partial charge in [0.05, 0.1) is 12.1 Å². The van der Waals surface area contributed by atoms with Gasteiger partial charge in [0.1, 0.15) is 5.82 Å². The van der Waals surface area contributed by atoms with E-state index in [1.807, 2.05) is 24.9 Å². The molecule has 0 bridgehead atoms. The van der Waals surface area contributed by atoms with Crippen LogP contribution in [0.2, 0.25) is 0 Å². The van der Waals surface area contributed by atoms with Gasteiger partial charge in [0, 0.05) is 20.1 Å². The van der Waals surface area contributed by atoms with Crippen molar-refractivity contribution < 1.29 is 9.50 Å². The molecule has 2 rings (SSSR count). The molecule has 0 heterocycles. The largest absolute Gasteiger partial charge is 0.388 e. The number of benzene rings is 1. The van der Waals surface area contributed by atoms with Crippen LogP contribution in [0.1, 0.15) is 31.7 Å². The highest BCUT2D eigenvalue weighted by Crippen LogP contribution is 2.31. The van der Waals surface area contributed by atoms with Gasteiger partial charge in [-0.05, 0) is 43.9 Å². The monoisotopic (exact) mass is 421 g/mol. The van der Waals surface area contributed by atoms with Gasteiger partial charge >= 0.3 is 0 Å². The summed E-state index contributed by atoms with van der Waals surface area (Å²) in [5, 5.41) is 13.3. The maximum Gasteiger partial charge on any atom is 0.194 e. The Labute approximate surface area is 148 Å². The fraction of sp³-hybridized carbons (Fsp3) is 0.562. The molecule has 0 aliphatic heterocycles. The number of aliphatic hydroxyl groups is 1. The van der Waals surface area contributed by atoms with E-state index in [1.54, 1.807) is 6.07 Å². The molecule has 1 aromatic rings. The lowest BCUT2D eigenvalue weighted by Gasteiger charge is -2.35. The summed E-state index contributed by atoms with van der Waals surface area (Å²) in [4.78, 5) is 6.46. The molecule has 1 aromatic carbocycles. The Morgan fingerprint density at radius 2 is 2.18 bits per heavy atom. The van der Waals surface area contributed by atoms with E-state index < -0.39 is 5.60 Å². The third kappa shape index (κ3) is 5.39. The standard InChI is InChI=1S/C16H24FN3O.HI/c1-3-18-15(19-12-16(21)8-5-9-16)20(2)11-13-6-4-7-14(17)10-13;/h4,6-7,10,21H,3,5,8-9,11-12H2,1-2H3,(H,18,19);1H. The molecule has 0 aromatic heterocycles. The summed E-state index contributed by atoms with van der Waals surface area (Å²) in [5.74, 6) is 0.508. The van der Waals surface area contributed by atoms with E-state index in [0.29, 0.717) is 13.1 Å². The van der Waals surface area contributed by atoms with Crippen molar-refractivity contribution in [3.05, 3.63) is 35.6 Å². The van der Waals surface area contributed by atoms with Crippen molar-refractivity contribution in [3.63, 3.8) is 0 Å². The number of hydrogen-bond acceptors (Lipinski definition) is 2. The zero-order chi connectivity index (χ0) is 15.3. The van der Waals surface area contributed by atoms with Gasteiger partial charge in [0.25, 0.3) is 0 Å². The van der Waals surface area contributed by atoms with Crippen molar-refractivity contribution in [1.82, 2.24) is 10.2 Å². The number of hydrogen-bond donors (Lipinski definition) is 2. The highest BCUT2D eigenvalue weighted by atomic mass is 127.